The van der Waals surface area contributed by atoms with E-state index in [1.165, 1.54) is 4.90 Å². The first-order chi connectivity index (χ1) is 18.5. The molecule has 0 aliphatic heterocycles. The highest BCUT2D eigenvalue weighted by Crippen LogP contribution is 2.22. The number of amides is 2. The van der Waals surface area contributed by atoms with E-state index in [1.807, 2.05) is 88.4 Å². The van der Waals surface area contributed by atoms with Gasteiger partial charge in [0, 0.05) is 19.0 Å². The van der Waals surface area contributed by atoms with Crippen LogP contribution in [0, 0.1) is 13.8 Å². The van der Waals surface area contributed by atoms with Gasteiger partial charge in [0.25, 0.3) is 0 Å². The highest BCUT2D eigenvalue weighted by Gasteiger charge is 2.33. The van der Waals surface area contributed by atoms with Gasteiger partial charge < -0.3 is 10.2 Å². The molecule has 0 aliphatic carbocycles. The lowest BCUT2D eigenvalue weighted by Crippen LogP contribution is -2.54. The summed E-state index contributed by atoms with van der Waals surface area (Å²) in [5.74, 6) is -0.720. The summed E-state index contributed by atoms with van der Waals surface area (Å²) in [6.07, 6.45) is 2.13. The van der Waals surface area contributed by atoms with Gasteiger partial charge >= 0.3 is 0 Å². The van der Waals surface area contributed by atoms with Crippen molar-refractivity contribution in [3.8, 4) is 0 Å². The summed E-state index contributed by atoms with van der Waals surface area (Å²) in [5.41, 5.74) is 4.06. The minimum atomic E-state index is -3.79. The second kappa shape index (κ2) is 13.4. The fraction of sp³-hybridized carbons (Fsp3) is 0.355. The number of aryl methyl sites for hydroxylation is 2. The van der Waals surface area contributed by atoms with Crippen LogP contribution in [0.15, 0.2) is 78.9 Å². The van der Waals surface area contributed by atoms with Crippen LogP contribution in [0.2, 0.25) is 0 Å². The van der Waals surface area contributed by atoms with Gasteiger partial charge in [0.1, 0.15) is 12.6 Å². The van der Waals surface area contributed by atoms with E-state index < -0.39 is 28.5 Å². The molecule has 0 spiro atoms. The molecule has 0 aliphatic rings. The highest BCUT2D eigenvalue weighted by atomic mass is 32.2. The molecule has 0 saturated carbocycles. The van der Waals surface area contributed by atoms with Crippen molar-refractivity contribution >= 4 is 27.5 Å². The van der Waals surface area contributed by atoms with Crippen LogP contribution in [-0.2, 0) is 32.6 Å². The van der Waals surface area contributed by atoms with E-state index in [4.69, 9.17) is 0 Å². The maximum absolute atomic E-state index is 14.1. The lowest BCUT2D eigenvalue weighted by Gasteiger charge is -2.34. The van der Waals surface area contributed by atoms with E-state index in [-0.39, 0.29) is 18.5 Å². The molecule has 0 heterocycles. The second-order valence-corrected chi connectivity index (χ2v) is 12.0. The molecule has 0 fully saturated rings. The molecule has 0 bridgehead atoms. The molecule has 3 aromatic rings. The topological polar surface area (TPSA) is 86.8 Å². The Hall–Kier alpha value is -3.65. The first-order valence-corrected chi connectivity index (χ1v) is 15.1. The summed E-state index contributed by atoms with van der Waals surface area (Å²) in [6.45, 7) is 7.48. The molecule has 0 unspecified atom stereocenters. The number of rotatable bonds is 12. The van der Waals surface area contributed by atoms with Crippen LogP contribution in [0.4, 0.5) is 5.69 Å². The zero-order valence-electron chi connectivity index (χ0n) is 23.4. The lowest BCUT2D eigenvalue weighted by molar-refractivity contribution is -0.140. The van der Waals surface area contributed by atoms with Crippen LogP contribution in [0.25, 0.3) is 0 Å². The van der Waals surface area contributed by atoms with E-state index in [0.29, 0.717) is 12.1 Å². The largest absolute Gasteiger partial charge is 0.352 e. The van der Waals surface area contributed by atoms with Gasteiger partial charge in [0.2, 0.25) is 21.8 Å². The number of nitrogens with one attached hydrogen (secondary N) is 1. The molecule has 2 atom stereocenters. The summed E-state index contributed by atoms with van der Waals surface area (Å²) >= 11 is 0. The third kappa shape index (κ3) is 8.42. The Bertz CT molecular complexity index is 1380. The molecule has 39 heavy (non-hydrogen) atoms. The van der Waals surface area contributed by atoms with Crippen molar-refractivity contribution in [2.24, 2.45) is 0 Å². The highest BCUT2D eigenvalue weighted by molar-refractivity contribution is 7.92. The van der Waals surface area contributed by atoms with Crippen LogP contribution in [0.3, 0.4) is 0 Å². The number of sulfonamides is 1. The Morgan fingerprint density at radius 2 is 1.59 bits per heavy atom. The van der Waals surface area contributed by atoms with Gasteiger partial charge in [-0.3, -0.25) is 13.9 Å². The SMILES string of the molecule is CC[C@@H](C)NC(=O)[C@@H](Cc1ccccc1)N(Cc1ccccc1C)C(=O)CN(c1cccc(C)c1)S(C)(=O)=O. The van der Waals surface area contributed by atoms with Gasteiger partial charge in [-0.15, -0.1) is 0 Å². The predicted octanol–water partition coefficient (Wildman–Crippen LogP) is 4.62. The van der Waals surface area contributed by atoms with Gasteiger partial charge in [-0.2, -0.15) is 0 Å². The maximum atomic E-state index is 14.1. The van der Waals surface area contributed by atoms with E-state index in [2.05, 4.69) is 5.32 Å². The quantitative estimate of drug-likeness (QED) is 0.357. The minimum Gasteiger partial charge on any atom is -0.352 e. The van der Waals surface area contributed by atoms with Crippen LogP contribution in [-0.4, -0.2) is 50.0 Å². The molecule has 3 rings (SSSR count). The molecule has 208 valence electrons. The van der Waals surface area contributed by atoms with Gasteiger partial charge in [-0.05, 0) is 61.6 Å². The maximum Gasteiger partial charge on any atom is 0.244 e. The number of benzene rings is 3. The Morgan fingerprint density at radius 1 is 0.923 bits per heavy atom. The van der Waals surface area contributed by atoms with E-state index in [1.54, 1.807) is 18.2 Å². The third-order valence-electron chi connectivity index (χ3n) is 6.84. The van der Waals surface area contributed by atoms with E-state index in [9.17, 15) is 18.0 Å². The van der Waals surface area contributed by atoms with Crippen LogP contribution in [0.1, 0.15) is 42.5 Å². The molecule has 0 aromatic heterocycles. The molecule has 7 nitrogen and oxygen atoms in total. The third-order valence-corrected chi connectivity index (χ3v) is 7.98. The van der Waals surface area contributed by atoms with Gasteiger partial charge in [-0.1, -0.05) is 73.7 Å². The molecular weight excluding hydrogens is 510 g/mol. The number of hydrogen-bond acceptors (Lipinski definition) is 4. The summed E-state index contributed by atoms with van der Waals surface area (Å²) in [4.78, 5) is 29.3. The number of nitrogens with zero attached hydrogens (tertiary/aromatic N) is 2. The Balaban J connectivity index is 2.07. The predicted molar refractivity (Wildman–Crippen MR) is 157 cm³/mol. The fourth-order valence-electron chi connectivity index (χ4n) is 4.36. The zero-order chi connectivity index (χ0) is 28.6. The van der Waals surface area contributed by atoms with Crippen molar-refractivity contribution in [3.63, 3.8) is 0 Å². The number of anilines is 1. The van der Waals surface area contributed by atoms with Crippen LogP contribution in [0.5, 0.6) is 0 Å². The Kier molecular flexibility index (Phi) is 10.3. The number of carbonyl (C=O) groups excluding carboxylic acids is 2. The van der Waals surface area contributed by atoms with Crippen LogP contribution >= 0.6 is 0 Å². The molecule has 0 saturated heterocycles. The molecule has 8 heteroatoms. The molecule has 1 N–H and O–H groups in total. The van der Waals surface area contributed by atoms with Crippen molar-refractivity contribution in [1.29, 1.82) is 0 Å². The summed E-state index contributed by atoms with van der Waals surface area (Å²) in [7, 11) is -3.79. The Morgan fingerprint density at radius 3 is 2.21 bits per heavy atom. The molecule has 3 aromatic carbocycles. The fourth-order valence-corrected chi connectivity index (χ4v) is 5.20. The van der Waals surface area contributed by atoms with Crippen molar-refractivity contribution in [3.05, 3.63) is 101 Å². The van der Waals surface area contributed by atoms with Crippen molar-refractivity contribution in [2.75, 3.05) is 17.1 Å². The van der Waals surface area contributed by atoms with Crippen molar-refractivity contribution < 1.29 is 18.0 Å². The first kappa shape index (κ1) is 29.9. The summed E-state index contributed by atoms with van der Waals surface area (Å²) in [5, 5.41) is 3.04. The van der Waals surface area contributed by atoms with Crippen molar-refractivity contribution in [1.82, 2.24) is 10.2 Å². The van der Waals surface area contributed by atoms with Gasteiger partial charge in [0.05, 0.1) is 11.9 Å². The minimum absolute atomic E-state index is 0.0778. The molecular formula is C31H39N3O4S. The Labute approximate surface area is 232 Å². The van der Waals surface area contributed by atoms with Gasteiger partial charge in [-0.25, -0.2) is 8.42 Å². The average molecular weight is 550 g/mol. The second-order valence-electron chi connectivity index (χ2n) is 10.1. The lowest BCUT2D eigenvalue weighted by atomic mass is 10.0. The smallest absolute Gasteiger partial charge is 0.244 e. The van der Waals surface area contributed by atoms with E-state index >= 15 is 0 Å². The van der Waals surface area contributed by atoms with E-state index in [0.717, 1.165) is 39.2 Å². The molecule has 0 radical (unpaired) electrons. The average Bonchev–Trinajstić information content (AvgIpc) is 2.89. The standard InChI is InChI=1S/C31H39N3O4S/c1-6-25(4)32-31(36)29(20-26-15-8-7-9-16-26)33(21-27-17-11-10-14-24(27)3)30(35)22-34(39(5,37)38)28-18-12-13-23(2)19-28/h7-19,25,29H,6,20-22H2,1-5H3,(H,32,36)/t25-,29-/m1/s1. The first-order valence-electron chi connectivity index (χ1n) is 13.2. The normalized spacial score (nSPS) is 12.8. The zero-order valence-corrected chi connectivity index (χ0v) is 24.2. The number of carbonyl (C=O) groups is 2. The summed E-state index contributed by atoms with van der Waals surface area (Å²) in [6, 6.07) is 23.4. The van der Waals surface area contributed by atoms with Crippen molar-refractivity contribution in [2.45, 2.75) is 59.2 Å². The summed E-state index contributed by atoms with van der Waals surface area (Å²) < 4.78 is 26.8. The van der Waals surface area contributed by atoms with Crippen LogP contribution < -0.4 is 9.62 Å². The number of hydrogen-bond donors (Lipinski definition) is 1. The molecule has 2 amide bonds. The monoisotopic (exact) mass is 549 g/mol. The van der Waals surface area contributed by atoms with Gasteiger partial charge in [0.15, 0.2) is 0 Å².